The number of nitrogens with two attached hydrogens (primary N) is 1. The van der Waals surface area contributed by atoms with Crippen molar-refractivity contribution in [3.8, 4) is 0 Å². The SMILES string of the molecule is CCC(C)(CCN)NC(=O)NC(C)(C)C. The zero-order valence-electron chi connectivity index (χ0n) is 10.6. The van der Waals surface area contributed by atoms with Gasteiger partial charge in [0.05, 0.1) is 0 Å². The van der Waals surface area contributed by atoms with E-state index in [0.717, 1.165) is 12.8 Å². The molecule has 90 valence electrons. The van der Waals surface area contributed by atoms with E-state index >= 15 is 0 Å². The molecule has 0 bridgehead atoms. The molecule has 0 aromatic heterocycles. The second-order valence-corrected chi connectivity index (χ2v) is 5.28. The van der Waals surface area contributed by atoms with Crippen molar-refractivity contribution < 1.29 is 4.79 Å². The molecule has 4 heteroatoms. The number of hydrogen-bond donors (Lipinski definition) is 3. The van der Waals surface area contributed by atoms with Crippen LogP contribution in [0.25, 0.3) is 0 Å². The van der Waals surface area contributed by atoms with Crippen LogP contribution in [-0.4, -0.2) is 23.7 Å². The highest BCUT2D eigenvalue weighted by Crippen LogP contribution is 2.13. The van der Waals surface area contributed by atoms with Crippen LogP contribution in [0.4, 0.5) is 4.79 Å². The fourth-order valence-corrected chi connectivity index (χ4v) is 1.29. The van der Waals surface area contributed by atoms with Gasteiger partial charge in [-0.1, -0.05) is 6.92 Å². The van der Waals surface area contributed by atoms with Gasteiger partial charge >= 0.3 is 6.03 Å². The number of carbonyl (C=O) groups excluding carboxylic acids is 1. The van der Waals surface area contributed by atoms with Crippen LogP contribution in [-0.2, 0) is 0 Å². The molecule has 0 aromatic carbocycles. The zero-order valence-corrected chi connectivity index (χ0v) is 10.6. The van der Waals surface area contributed by atoms with Gasteiger partial charge in [0, 0.05) is 11.1 Å². The molecule has 1 atom stereocenters. The van der Waals surface area contributed by atoms with Crippen molar-refractivity contribution in [2.24, 2.45) is 5.73 Å². The number of rotatable bonds is 4. The van der Waals surface area contributed by atoms with Crippen molar-refractivity contribution in [3.05, 3.63) is 0 Å². The molecule has 0 fully saturated rings. The van der Waals surface area contributed by atoms with E-state index in [0.29, 0.717) is 6.54 Å². The minimum absolute atomic E-state index is 0.125. The van der Waals surface area contributed by atoms with E-state index < -0.39 is 0 Å². The Kier molecular flexibility index (Phi) is 5.08. The van der Waals surface area contributed by atoms with Crippen LogP contribution < -0.4 is 16.4 Å². The van der Waals surface area contributed by atoms with Gasteiger partial charge in [-0.3, -0.25) is 0 Å². The quantitative estimate of drug-likeness (QED) is 0.667. The number of nitrogens with one attached hydrogen (secondary N) is 2. The molecule has 2 amide bonds. The monoisotopic (exact) mass is 215 g/mol. The summed E-state index contributed by atoms with van der Waals surface area (Å²) in [5.41, 5.74) is 5.11. The lowest BCUT2D eigenvalue weighted by Gasteiger charge is -2.31. The van der Waals surface area contributed by atoms with Crippen LogP contribution >= 0.6 is 0 Å². The molecule has 0 aromatic rings. The highest BCUT2D eigenvalue weighted by molar-refractivity contribution is 5.75. The van der Waals surface area contributed by atoms with Gasteiger partial charge in [0.2, 0.25) is 0 Å². The molecule has 0 spiro atoms. The third-order valence-corrected chi connectivity index (χ3v) is 2.38. The van der Waals surface area contributed by atoms with E-state index in [1.807, 2.05) is 34.6 Å². The van der Waals surface area contributed by atoms with Gasteiger partial charge in [-0.15, -0.1) is 0 Å². The highest BCUT2D eigenvalue weighted by Gasteiger charge is 2.24. The van der Waals surface area contributed by atoms with Crippen LogP contribution in [0.15, 0.2) is 0 Å². The molecule has 4 N–H and O–H groups in total. The molecular weight excluding hydrogens is 190 g/mol. The first-order valence-electron chi connectivity index (χ1n) is 5.53. The second kappa shape index (κ2) is 5.35. The summed E-state index contributed by atoms with van der Waals surface area (Å²) >= 11 is 0. The molecule has 0 saturated heterocycles. The van der Waals surface area contributed by atoms with Crippen molar-refractivity contribution in [1.82, 2.24) is 10.6 Å². The minimum Gasteiger partial charge on any atom is -0.334 e. The predicted molar refractivity (Wildman–Crippen MR) is 63.8 cm³/mol. The maximum atomic E-state index is 11.6. The van der Waals surface area contributed by atoms with Crippen molar-refractivity contribution >= 4 is 6.03 Å². The Morgan fingerprint density at radius 1 is 1.20 bits per heavy atom. The highest BCUT2D eigenvalue weighted by atomic mass is 16.2. The van der Waals surface area contributed by atoms with Gasteiger partial charge in [-0.05, 0) is 47.1 Å². The van der Waals surface area contributed by atoms with Gasteiger partial charge in [0.1, 0.15) is 0 Å². The Balaban J connectivity index is 4.24. The molecule has 0 rings (SSSR count). The maximum Gasteiger partial charge on any atom is 0.315 e. The van der Waals surface area contributed by atoms with Crippen LogP contribution in [0.2, 0.25) is 0 Å². The summed E-state index contributed by atoms with van der Waals surface area (Å²) < 4.78 is 0. The van der Waals surface area contributed by atoms with Crippen LogP contribution in [0.1, 0.15) is 47.5 Å². The van der Waals surface area contributed by atoms with E-state index in [4.69, 9.17) is 5.73 Å². The third-order valence-electron chi connectivity index (χ3n) is 2.38. The maximum absolute atomic E-state index is 11.6. The summed E-state index contributed by atoms with van der Waals surface area (Å²) in [6, 6.07) is -0.125. The third kappa shape index (κ3) is 6.33. The van der Waals surface area contributed by atoms with Crippen molar-refractivity contribution in [2.45, 2.75) is 58.5 Å². The van der Waals surface area contributed by atoms with Crippen LogP contribution in [0.5, 0.6) is 0 Å². The van der Waals surface area contributed by atoms with Gasteiger partial charge in [-0.2, -0.15) is 0 Å². The topological polar surface area (TPSA) is 67.1 Å². The largest absolute Gasteiger partial charge is 0.334 e. The van der Waals surface area contributed by atoms with E-state index in [-0.39, 0.29) is 17.1 Å². The van der Waals surface area contributed by atoms with E-state index in [1.165, 1.54) is 0 Å². The van der Waals surface area contributed by atoms with Gasteiger partial charge in [0.25, 0.3) is 0 Å². The van der Waals surface area contributed by atoms with Crippen molar-refractivity contribution in [3.63, 3.8) is 0 Å². The molecule has 0 aliphatic heterocycles. The Hall–Kier alpha value is -0.770. The van der Waals surface area contributed by atoms with Gasteiger partial charge < -0.3 is 16.4 Å². The molecular formula is C11H25N3O. The second-order valence-electron chi connectivity index (χ2n) is 5.28. The lowest BCUT2D eigenvalue weighted by atomic mass is 9.95. The Morgan fingerprint density at radius 2 is 1.73 bits per heavy atom. The normalized spacial score (nSPS) is 15.6. The Bertz CT molecular complexity index is 210. The first-order chi connectivity index (χ1) is 6.72. The molecule has 0 radical (unpaired) electrons. The van der Waals surface area contributed by atoms with E-state index in [9.17, 15) is 4.79 Å². The molecule has 0 aliphatic rings. The number of urea groups is 1. The van der Waals surface area contributed by atoms with Gasteiger partial charge in [0.15, 0.2) is 0 Å². The standard InChI is InChI=1S/C11H25N3O/c1-6-11(5,7-8-12)14-9(15)13-10(2,3)4/h6-8,12H2,1-5H3,(H2,13,14,15). The average Bonchev–Trinajstić information content (AvgIpc) is 2.00. The summed E-state index contributed by atoms with van der Waals surface area (Å²) in [6.07, 6.45) is 1.67. The van der Waals surface area contributed by atoms with Crippen LogP contribution in [0, 0.1) is 0 Å². The van der Waals surface area contributed by atoms with Crippen molar-refractivity contribution in [1.29, 1.82) is 0 Å². The average molecular weight is 215 g/mol. The lowest BCUT2D eigenvalue weighted by Crippen LogP contribution is -2.54. The van der Waals surface area contributed by atoms with Crippen molar-refractivity contribution in [2.75, 3.05) is 6.54 Å². The Labute approximate surface area is 93.0 Å². The van der Waals surface area contributed by atoms with E-state index in [1.54, 1.807) is 0 Å². The fourth-order valence-electron chi connectivity index (χ4n) is 1.29. The summed E-state index contributed by atoms with van der Waals surface area (Å²) in [5, 5.41) is 5.85. The fraction of sp³-hybridized carbons (Fsp3) is 0.909. The smallest absolute Gasteiger partial charge is 0.315 e. The van der Waals surface area contributed by atoms with Crippen LogP contribution in [0.3, 0.4) is 0 Å². The first kappa shape index (κ1) is 14.2. The molecule has 1 unspecified atom stereocenters. The van der Waals surface area contributed by atoms with Gasteiger partial charge in [-0.25, -0.2) is 4.79 Å². The summed E-state index contributed by atoms with van der Waals surface area (Å²) in [4.78, 5) is 11.6. The molecule has 4 nitrogen and oxygen atoms in total. The molecule has 0 heterocycles. The minimum atomic E-state index is -0.207. The first-order valence-corrected chi connectivity index (χ1v) is 5.53. The predicted octanol–water partition coefficient (Wildman–Crippen LogP) is 1.60. The van der Waals surface area contributed by atoms with E-state index in [2.05, 4.69) is 10.6 Å². The molecule has 0 aliphatic carbocycles. The summed E-state index contributed by atoms with van der Waals surface area (Å²) in [7, 11) is 0. The molecule has 0 saturated carbocycles. The number of carbonyl (C=O) groups is 1. The number of hydrogen-bond acceptors (Lipinski definition) is 2. The summed E-state index contributed by atoms with van der Waals surface area (Å²) in [6.45, 7) is 10.5. The Morgan fingerprint density at radius 3 is 2.07 bits per heavy atom. The molecule has 15 heavy (non-hydrogen) atoms. The summed E-state index contributed by atoms with van der Waals surface area (Å²) in [5.74, 6) is 0. The lowest BCUT2D eigenvalue weighted by molar-refractivity contribution is 0.215. The zero-order chi connectivity index (χ0) is 12.1. The number of amides is 2.